The molecular formula is C22H25N2S2+. The van der Waals surface area contributed by atoms with Gasteiger partial charge in [-0.1, -0.05) is 25.5 Å². The van der Waals surface area contributed by atoms with Gasteiger partial charge in [0.25, 0.3) is 6.33 Å². The molecule has 0 aliphatic carbocycles. The highest BCUT2D eigenvalue weighted by Crippen LogP contribution is 2.42. The molecule has 0 fully saturated rings. The molecule has 26 heavy (non-hydrogen) atoms. The summed E-state index contributed by atoms with van der Waals surface area (Å²) in [5.41, 5.74) is 7.80. The highest BCUT2D eigenvalue weighted by Gasteiger charge is 2.23. The number of thiophene rings is 2. The van der Waals surface area contributed by atoms with E-state index < -0.39 is 0 Å². The van der Waals surface area contributed by atoms with Gasteiger partial charge in [0.1, 0.15) is 4.70 Å². The normalized spacial score (nSPS) is 12.0. The molecule has 4 aromatic rings. The Labute approximate surface area is 163 Å². The summed E-state index contributed by atoms with van der Waals surface area (Å²) in [6.45, 7) is 11.2. The fourth-order valence-electron chi connectivity index (χ4n) is 3.67. The molecule has 0 atom stereocenters. The third-order valence-electron chi connectivity index (χ3n) is 5.00. The fourth-order valence-corrected chi connectivity index (χ4v) is 6.53. The van der Waals surface area contributed by atoms with Crippen LogP contribution in [0.25, 0.3) is 30.9 Å². The minimum atomic E-state index is 0.688. The van der Waals surface area contributed by atoms with Crippen LogP contribution in [0.2, 0.25) is 0 Å². The summed E-state index contributed by atoms with van der Waals surface area (Å²) < 4.78 is 6.21. The summed E-state index contributed by atoms with van der Waals surface area (Å²) in [7, 11) is 2.11. The van der Waals surface area contributed by atoms with Crippen LogP contribution in [0.4, 0.5) is 0 Å². The predicted octanol–water partition coefficient (Wildman–Crippen LogP) is 6.13. The van der Waals surface area contributed by atoms with Crippen molar-refractivity contribution in [2.45, 2.75) is 41.0 Å². The topological polar surface area (TPSA) is 16.8 Å². The van der Waals surface area contributed by atoms with Crippen molar-refractivity contribution < 1.29 is 4.57 Å². The number of fused-ring (bicyclic) bond motifs is 3. The Kier molecular flexibility index (Phi) is 4.36. The van der Waals surface area contributed by atoms with Crippen molar-refractivity contribution in [1.29, 1.82) is 0 Å². The standard InChI is InChI=1S/C22H25N2S2/c1-12(2)7-16-10-18-21(25-16)19-22(26-18)20(24(6)11-23-19)17-9-13(3)8-14(4)15(17)5/h8-12H,7H2,1-6H3/q+1. The molecule has 0 N–H and O–H groups in total. The summed E-state index contributed by atoms with van der Waals surface area (Å²) in [5, 5.41) is 0. The molecule has 0 unspecified atom stereocenters. The predicted molar refractivity (Wildman–Crippen MR) is 114 cm³/mol. The van der Waals surface area contributed by atoms with Crippen LogP contribution in [0.1, 0.15) is 35.4 Å². The number of rotatable bonds is 3. The van der Waals surface area contributed by atoms with Crippen molar-refractivity contribution in [2.24, 2.45) is 13.0 Å². The first kappa shape index (κ1) is 17.6. The number of nitrogens with zero attached hydrogens (tertiary/aromatic N) is 2. The Morgan fingerprint density at radius 2 is 1.81 bits per heavy atom. The van der Waals surface area contributed by atoms with Gasteiger partial charge in [0.2, 0.25) is 5.52 Å². The van der Waals surface area contributed by atoms with Gasteiger partial charge in [-0.2, -0.15) is 0 Å². The maximum Gasteiger partial charge on any atom is 0.287 e. The van der Waals surface area contributed by atoms with Crippen LogP contribution in [0.3, 0.4) is 0 Å². The van der Waals surface area contributed by atoms with Crippen LogP contribution in [0, 0.1) is 26.7 Å². The molecule has 1 aromatic carbocycles. The molecule has 0 aliphatic heterocycles. The first-order chi connectivity index (χ1) is 12.3. The van der Waals surface area contributed by atoms with Crippen LogP contribution in [0.5, 0.6) is 0 Å². The molecule has 0 saturated heterocycles. The SMILES string of the molecule is Cc1cc(C)c(C)c(-c2c3sc4cc(CC(C)C)sc4c3nc[n+]2C)c1. The highest BCUT2D eigenvalue weighted by atomic mass is 32.1. The van der Waals surface area contributed by atoms with E-state index in [2.05, 4.69) is 64.4 Å². The van der Waals surface area contributed by atoms with Gasteiger partial charge in [-0.25, -0.2) is 4.57 Å². The molecule has 2 nitrogen and oxygen atoms in total. The van der Waals surface area contributed by atoms with Crippen LogP contribution < -0.4 is 4.57 Å². The van der Waals surface area contributed by atoms with Gasteiger partial charge >= 0.3 is 0 Å². The first-order valence-corrected chi connectivity index (χ1v) is 10.8. The largest absolute Gasteiger partial charge is 0.287 e. The Hall–Kier alpha value is -1.78. The van der Waals surface area contributed by atoms with Crippen molar-refractivity contribution in [3.05, 3.63) is 46.1 Å². The van der Waals surface area contributed by atoms with Crippen molar-refractivity contribution in [3.63, 3.8) is 0 Å². The van der Waals surface area contributed by atoms with E-state index in [9.17, 15) is 0 Å². The molecule has 134 valence electrons. The zero-order valence-corrected chi connectivity index (χ0v) is 17.9. The number of aromatic nitrogens is 2. The second kappa shape index (κ2) is 6.43. The summed E-state index contributed by atoms with van der Waals surface area (Å²) in [4.78, 5) is 6.28. The molecular weight excluding hydrogens is 356 g/mol. The smallest absolute Gasteiger partial charge is 0.231 e. The highest BCUT2D eigenvalue weighted by molar-refractivity contribution is 7.32. The molecule has 4 heteroatoms. The quantitative estimate of drug-likeness (QED) is 0.390. The summed E-state index contributed by atoms with van der Waals surface area (Å²) in [6.07, 6.45) is 3.12. The number of hydrogen-bond donors (Lipinski definition) is 0. The maximum atomic E-state index is 4.81. The van der Waals surface area contributed by atoms with E-state index in [1.165, 1.54) is 46.9 Å². The van der Waals surface area contributed by atoms with E-state index in [0.717, 1.165) is 11.9 Å². The van der Waals surface area contributed by atoms with Gasteiger partial charge in [-0.3, -0.25) is 0 Å². The van der Waals surface area contributed by atoms with E-state index in [4.69, 9.17) is 4.98 Å². The van der Waals surface area contributed by atoms with Crippen LogP contribution in [-0.4, -0.2) is 4.98 Å². The van der Waals surface area contributed by atoms with Gasteiger partial charge < -0.3 is 0 Å². The molecule has 0 saturated carbocycles. The molecule has 3 heterocycles. The molecule has 0 amide bonds. The van der Waals surface area contributed by atoms with Crippen LogP contribution in [-0.2, 0) is 13.5 Å². The Bertz CT molecular complexity index is 1130. The first-order valence-electron chi connectivity index (χ1n) is 9.13. The monoisotopic (exact) mass is 381 g/mol. The van der Waals surface area contributed by atoms with Crippen molar-refractivity contribution in [3.8, 4) is 11.3 Å². The van der Waals surface area contributed by atoms with E-state index in [0.29, 0.717) is 5.92 Å². The molecule has 0 spiro atoms. The number of benzene rings is 1. The summed E-state index contributed by atoms with van der Waals surface area (Å²) in [6, 6.07) is 6.96. The lowest BCUT2D eigenvalue weighted by atomic mass is 9.97. The third-order valence-corrected chi connectivity index (χ3v) is 7.42. The second-order valence-electron chi connectivity index (χ2n) is 7.74. The lowest BCUT2D eigenvalue weighted by Gasteiger charge is -2.11. The van der Waals surface area contributed by atoms with Crippen molar-refractivity contribution in [2.75, 3.05) is 0 Å². The average molecular weight is 382 g/mol. The van der Waals surface area contributed by atoms with E-state index in [-0.39, 0.29) is 0 Å². The fraction of sp³-hybridized carbons (Fsp3) is 0.364. The molecule has 0 radical (unpaired) electrons. The van der Waals surface area contributed by atoms with Gasteiger partial charge in [-0.05, 0) is 61.4 Å². The molecule has 3 aromatic heterocycles. The summed E-state index contributed by atoms with van der Waals surface area (Å²) in [5.74, 6) is 0.688. The lowest BCUT2D eigenvalue weighted by Crippen LogP contribution is -2.31. The second-order valence-corrected chi connectivity index (χ2v) is 9.93. The zero-order valence-electron chi connectivity index (χ0n) is 16.3. The van der Waals surface area contributed by atoms with Gasteiger partial charge in [0, 0.05) is 10.4 Å². The number of hydrogen-bond acceptors (Lipinski definition) is 3. The Morgan fingerprint density at radius 1 is 1.04 bits per heavy atom. The van der Waals surface area contributed by atoms with Crippen LogP contribution >= 0.6 is 22.7 Å². The average Bonchev–Trinajstić information content (AvgIpc) is 3.07. The van der Waals surface area contributed by atoms with Gasteiger partial charge in [0.05, 0.1) is 16.4 Å². The summed E-state index contributed by atoms with van der Waals surface area (Å²) >= 11 is 3.81. The number of aryl methyl sites for hydroxylation is 3. The van der Waals surface area contributed by atoms with Crippen LogP contribution in [0.15, 0.2) is 24.5 Å². The minimum Gasteiger partial charge on any atom is -0.231 e. The van der Waals surface area contributed by atoms with E-state index in [1.54, 1.807) is 0 Å². The molecule has 0 aliphatic rings. The molecule has 4 rings (SSSR count). The lowest BCUT2D eigenvalue weighted by molar-refractivity contribution is -0.662. The zero-order chi connectivity index (χ0) is 18.6. The van der Waals surface area contributed by atoms with E-state index >= 15 is 0 Å². The third kappa shape index (κ3) is 2.85. The Morgan fingerprint density at radius 3 is 2.54 bits per heavy atom. The Balaban J connectivity index is 2.00. The van der Waals surface area contributed by atoms with Crippen molar-refractivity contribution >= 4 is 42.3 Å². The van der Waals surface area contributed by atoms with Gasteiger partial charge in [-0.15, -0.1) is 22.7 Å². The van der Waals surface area contributed by atoms with Gasteiger partial charge in [0.15, 0.2) is 5.69 Å². The molecule has 0 bridgehead atoms. The maximum absolute atomic E-state index is 4.81. The van der Waals surface area contributed by atoms with Crippen molar-refractivity contribution in [1.82, 2.24) is 4.98 Å². The minimum absolute atomic E-state index is 0.688. The van der Waals surface area contributed by atoms with E-state index in [1.807, 2.05) is 29.0 Å².